The standard InChI is InChI=1S/C14H24N2O2S/c1-11(10-12-6-5-9-19-12)16(2)14(17)13(15)7-4-8-18-3/h5-6,9,11,13H,4,7-8,10,15H2,1-3H3. The molecule has 0 aliphatic rings. The Morgan fingerprint density at radius 1 is 1.58 bits per heavy atom. The average Bonchev–Trinajstić information content (AvgIpc) is 2.89. The van der Waals surface area contributed by atoms with Gasteiger partial charge in [-0.1, -0.05) is 6.07 Å². The van der Waals surface area contributed by atoms with Crippen LogP contribution in [0.4, 0.5) is 0 Å². The molecule has 0 aliphatic carbocycles. The van der Waals surface area contributed by atoms with E-state index < -0.39 is 6.04 Å². The summed E-state index contributed by atoms with van der Waals surface area (Å²) in [5.41, 5.74) is 5.93. The summed E-state index contributed by atoms with van der Waals surface area (Å²) in [5, 5.41) is 2.06. The minimum Gasteiger partial charge on any atom is -0.385 e. The summed E-state index contributed by atoms with van der Waals surface area (Å²) >= 11 is 1.72. The lowest BCUT2D eigenvalue weighted by molar-refractivity contribution is -0.133. The zero-order valence-electron chi connectivity index (χ0n) is 12.0. The van der Waals surface area contributed by atoms with Gasteiger partial charge in [-0.15, -0.1) is 11.3 Å². The molecule has 2 atom stereocenters. The van der Waals surface area contributed by atoms with Gasteiger partial charge in [-0.3, -0.25) is 4.79 Å². The molecule has 0 bridgehead atoms. The molecule has 0 fully saturated rings. The number of thiophene rings is 1. The van der Waals surface area contributed by atoms with Crippen molar-refractivity contribution in [3.8, 4) is 0 Å². The summed E-state index contributed by atoms with van der Waals surface area (Å²) in [7, 11) is 3.49. The molecule has 1 aromatic rings. The molecule has 0 saturated heterocycles. The van der Waals surface area contributed by atoms with Crippen molar-refractivity contribution in [3.05, 3.63) is 22.4 Å². The summed E-state index contributed by atoms with van der Waals surface area (Å²) in [5.74, 6) is 0.0140. The van der Waals surface area contributed by atoms with Crippen molar-refractivity contribution >= 4 is 17.2 Å². The zero-order chi connectivity index (χ0) is 14.3. The van der Waals surface area contributed by atoms with Crippen molar-refractivity contribution in [3.63, 3.8) is 0 Å². The van der Waals surface area contributed by atoms with Gasteiger partial charge in [0.1, 0.15) is 0 Å². The molecule has 0 spiro atoms. The highest BCUT2D eigenvalue weighted by atomic mass is 32.1. The van der Waals surface area contributed by atoms with Gasteiger partial charge in [0.2, 0.25) is 5.91 Å². The van der Waals surface area contributed by atoms with Crippen molar-refractivity contribution in [2.24, 2.45) is 5.73 Å². The number of likely N-dealkylation sites (N-methyl/N-ethyl adjacent to an activating group) is 1. The number of ether oxygens (including phenoxy) is 1. The predicted molar refractivity (Wildman–Crippen MR) is 79.3 cm³/mol. The van der Waals surface area contributed by atoms with E-state index in [9.17, 15) is 4.79 Å². The third-order valence-electron chi connectivity index (χ3n) is 3.27. The number of nitrogens with zero attached hydrogens (tertiary/aromatic N) is 1. The van der Waals surface area contributed by atoms with Crippen LogP contribution in [0, 0.1) is 0 Å². The molecule has 1 rings (SSSR count). The molecule has 1 amide bonds. The maximum Gasteiger partial charge on any atom is 0.239 e. The van der Waals surface area contributed by atoms with Gasteiger partial charge in [-0.25, -0.2) is 0 Å². The summed E-state index contributed by atoms with van der Waals surface area (Å²) in [6, 6.07) is 3.87. The fourth-order valence-corrected chi connectivity index (χ4v) is 2.73. The van der Waals surface area contributed by atoms with Crippen LogP contribution in [0.5, 0.6) is 0 Å². The first-order valence-corrected chi connectivity index (χ1v) is 7.47. The molecular formula is C14H24N2O2S. The fraction of sp³-hybridized carbons (Fsp3) is 0.643. The molecule has 4 nitrogen and oxygen atoms in total. The third-order valence-corrected chi connectivity index (χ3v) is 4.16. The first kappa shape index (κ1) is 16.1. The number of hydrogen-bond acceptors (Lipinski definition) is 4. The van der Waals surface area contributed by atoms with E-state index in [1.165, 1.54) is 4.88 Å². The maximum atomic E-state index is 12.2. The number of carbonyl (C=O) groups excluding carboxylic acids is 1. The largest absolute Gasteiger partial charge is 0.385 e. The Bertz CT molecular complexity index is 368. The average molecular weight is 284 g/mol. The van der Waals surface area contributed by atoms with E-state index in [0.717, 1.165) is 12.8 Å². The number of methoxy groups -OCH3 is 1. The van der Waals surface area contributed by atoms with Crippen LogP contribution in [-0.2, 0) is 16.0 Å². The first-order chi connectivity index (χ1) is 9.06. The summed E-state index contributed by atoms with van der Waals surface area (Å²) in [6.45, 7) is 2.70. The lowest BCUT2D eigenvalue weighted by Gasteiger charge is -2.27. The second kappa shape index (κ2) is 8.30. The van der Waals surface area contributed by atoms with Crippen LogP contribution in [-0.4, -0.2) is 43.7 Å². The highest BCUT2D eigenvalue weighted by molar-refractivity contribution is 7.09. The van der Waals surface area contributed by atoms with E-state index in [-0.39, 0.29) is 11.9 Å². The van der Waals surface area contributed by atoms with Gasteiger partial charge in [-0.05, 0) is 31.2 Å². The molecule has 108 valence electrons. The Hall–Kier alpha value is -0.910. The first-order valence-electron chi connectivity index (χ1n) is 6.59. The van der Waals surface area contributed by atoms with Crippen molar-refractivity contribution in [1.29, 1.82) is 0 Å². The van der Waals surface area contributed by atoms with Crippen molar-refractivity contribution < 1.29 is 9.53 Å². The normalized spacial score (nSPS) is 14.1. The van der Waals surface area contributed by atoms with E-state index in [2.05, 4.69) is 18.4 Å². The van der Waals surface area contributed by atoms with Crippen molar-refractivity contribution in [2.75, 3.05) is 20.8 Å². The molecule has 0 saturated carbocycles. The van der Waals surface area contributed by atoms with Gasteiger partial charge < -0.3 is 15.4 Å². The van der Waals surface area contributed by atoms with Crippen molar-refractivity contribution in [1.82, 2.24) is 4.90 Å². The summed E-state index contributed by atoms with van der Waals surface area (Å²) in [4.78, 5) is 15.2. The molecule has 19 heavy (non-hydrogen) atoms. The number of nitrogens with two attached hydrogens (primary N) is 1. The van der Waals surface area contributed by atoms with Crippen LogP contribution < -0.4 is 5.73 Å². The molecule has 0 aromatic carbocycles. The molecule has 5 heteroatoms. The minimum atomic E-state index is -0.425. The van der Waals surface area contributed by atoms with Gasteiger partial charge >= 0.3 is 0 Å². The quantitative estimate of drug-likeness (QED) is 0.742. The van der Waals surface area contributed by atoms with Gasteiger partial charge in [0.15, 0.2) is 0 Å². The van der Waals surface area contributed by atoms with Crippen LogP contribution >= 0.6 is 11.3 Å². The molecule has 2 N–H and O–H groups in total. The van der Waals surface area contributed by atoms with Gasteiger partial charge in [0.25, 0.3) is 0 Å². The van der Waals surface area contributed by atoms with Gasteiger partial charge in [-0.2, -0.15) is 0 Å². The molecule has 1 aromatic heterocycles. The molecule has 1 heterocycles. The lowest BCUT2D eigenvalue weighted by Crippen LogP contribution is -2.46. The SMILES string of the molecule is COCCCC(N)C(=O)N(C)C(C)Cc1cccs1. The zero-order valence-corrected chi connectivity index (χ0v) is 12.8. The second-order valence-corrected chi connectivity index (χ2v) is 5.86. The summed E-state index contributed by atoms with van der Waals surface area (Å²) in [6.07, 6.45) is 2.37. The van der Waals surface area contributed by atoms with Gasteiger partial charge in [0.05, 0.1) is 6.04 Å². The molecule has 0 radical (unpaired) electrons. The number of carbonyl (C=O) groups is 1. The second-order valence-electron chi connectivity index (χ2n) is 4.82. The molecule has 2 unspecified atom stereocenters. The molecule has 0 aliphatic heterocycles. The number of rotatable bonds is 8. The van der Waals surface area contributed by atoms with E-state index in [4.69, 9.17) is 10.5 Å². The minimum absolute atomic E-state index is 0.0140. The Morgan fingerprint density at radius 3 is 2.89 bits per heavy atom. The third kappa shape index (κ3) is 5.30. The van der Waals surface area contributed by atoms with Crippen LogP contribution in [0.1, 0.15) is 24.6 Å². The van der Waals surface area contributed by atoms with Crippen molar-refractivity contribution in [2.45, 2.75) is 38.3 Å². The van der Waals surface area contributed by atoms with E-state index in [1.54, 1.807) is 23.3 Å². The van der Waals surface area contributed by atoms with Crippen LogP contribution in [0.3, 0.4) is 0 Å². The van der Waals surface area contributed by atoms with E-state index >= 15 is 0 Å². The molecular weight excluding hydrogens is 260 g/mol. The smallest absolute Gasteiger partial charge is 0.239 e. The van der Waals surface area contributed by atoms with Crippen LogP contribution in [0.2, 0.25) is 0 Å². The number of amides is 1. The predicted octanol–water partition coefficient (Wildman–Crippen LogP) is 1.89. The monoisotopic (exact) mass is 284 g/mol. The Balaban J connectivity index is 2.41. The fourth-order valence-electron chi connectivity index (χ4n) is 1.91. The Kier molecular flexibility index (Phi) is 7.05. The number of hydrogen-bond donors (Lipinski definition) is 1. The van der Waals surface area contributed by atoms with Crippen LogP contribution in [0.25, 0.3) is 0 Å². The van der Waals surface area contributed by atoms with Gasteiger partial charge in [0, 0.05) is 38.1 Å². The van der Waals surface area contributed by atoms with E-state index in [0.29, 0.717) is 13.0 Å². The lowest BCUT2D eigenvalue weighted by atomic mass is 10.1. The topological polar surface area (TPSA) is 55.6 Å². The van der Waals surface area contributed by atoms with Crippen LogP contribution in [0.15, 0.2) is 17.5 Å². The highest BCUT2D eigenvalue weighted by Crippen LogP contribution is 2.14. The Morgan fingerprint density at radius 2 is 2.32 bits per heavy atom. The highest BCUT2D eigenvalue weighted by Gasteiger charge is 2.21. The van der Waals surface area contributed by atoms with E-state index in [1.807, 2.05) is 13.1 Å². The summed E-state index contributed by atoms with van der Waals surface area (Å²) < 4.78 is 4.97. The maximum absolute atomic E-state index is 12.2. The Labute approximate surface area is 119 Å².